The molecule has 0 saturated heterocycles. The molecule has 2 N–H and O–H groups in total. The number of benzene rings is 1. The molecule has 0 aliphatic heterocycles. The summed E-state index contributed by atoms with van der Waals surface area (Å²) in [6, 6.07) is 4.15. The molecular weight excluding hydrogens is 352 g/mol. The maximum Gasteiger partial charge on any atom is 0.338 e. The normalized spacial score (nSPS) is 13.3. The summed E-state index contributed by atoms with van der Waals surface area (Å²) in [7, 11) is 0. The van der Waals surface area contributed by atoms with Crippen molar-refractivity contribution in [2.75, 3.05) is 6.61 Å². The number of ether oxygens (including phenoxy) is 1. The maximum absolute atomic E-state index is 12.2. The van der Waals surface area contributed by atoms with E-state index in [0.29, 0.717) is 23.3 Å². The van der Waals surface area contributed by atoms with E-state index in [1.807, 2.05) is 6.92 Å². The summed E-state index contributed by atoms with van der Waals surface area (Å²) in [6.07, 6.45) is 1.80. The minimum absolute atomic E-state index is 0.120. The number of rotatable bonds is 5. The van der Waals surface area contributed by atoms with Gasteiger partial charge in [-0.15, -0.1) is 0 Å². The van der Waals surface area contributed by atoms with Crippen LogP contribution < -0.4 is 16.2 Å². The molecule has 0 bridgehead atoms. The van der Waals surface area contributed by atoms with Crippen molar-refractivity contribution in [1.29, 1.82) is 0 Å². The Balaban J connectivity index is 1.66. The van der Waals surface area contributed by atoms with Gasteiger partial charge in [0.2, 0.25) is 0 Å². The van der Waals surface area contributed by atoms with Gasteiger partial charge in [0.15, 0.2) is 6.61 Å². The van der Waals surface area contributed by atoms with E-state index in [2.05, 4.69) is 15.6 Å². The predicted octanol–water partition coefficient (Wildman–Crippen LogP) is 0.870. The number of esters is 1. The zero-order chi connectivity index (χ0) is 19.6. The highest BCUT2D eigenvalue weighted by atomic mass is 16.5. The third-order valence-corrected chi connectivity index (χ3v) is 4.16. The van der Waals surface area contributed by atoms with Crippen LogP contribution in [0.1, 0.15) is 35.8 Å². The van der Waals surface area contributed by atoms with E-state index >= 15 is 0 Å². The Morgan fingerprint density at radius 3 is 2.70 bits per heavy atom. The number of amides is 3. The fraction of sp³-hybridized carbons (Fsp3) is 0.389. The molecule has 1 heterocycles. The third-order valence-electron chi connectivity index (χ3n) is 4.16. The number of hydrogen-bond donors (Lipinski definition) is 2. The molecule has 0 atom stereocenters. The molecule has 2 aromatic rings. The Kier molecular flexibility index (Phi) is 5.20. The first-order valence-electron chi connectivity index (χ1n) is 8.67. The standard InChI is InChI=1S/C18H20N4O5/c1-3-22-14-7-4-11(8-13(14)19-10(2)16(22)24)17(25)27-9-15(23)21-18(26)20-12-5-6-12/h4,7-8,12H,3,5-6,9H2,1-2H3,(H2,20,21,23,26). The minimum Gasteiger partial charge on any atom is -0.452 e. The topological polar surface area (TPSA) is 119 Å². The molecule has 9 nitrogen and oxygen atoms in total. The Morgan fingerprint density at radius 2 is 2.04 bits per heavy atom. The van der Waals surface area contributed by atoms with Crippen LogP contribution in [0.15, 0.2) is 23.0 Å². The van der Waals surface area contributed by atoms with Crippen molar-refractivity contribution in [2.24, 2.45) is 0 Å². The van der Waals surface area contributed by atoms with Crippen molar-refractivity contribution in [2.45, 2.75) is 39.3 Å². The third kappa shape index (κ3) is 4.30. The summed E-state index contributed by atoms with van der Waals surface area (Å²) in [5, 5.41) is 4.70. The number of aromatic nitrogens is 2. The van der Waals surface area contributed by atoms with Gasteiger partial charge in [-0.05, 0) is 44.9 Å². The largest absolute Gasteiger partial charge is 0.452 e. The number of nitrogens with one attached hydrogen (secondary N) is 2. The highest BCUT2D eigenvalue weighted by molar-refractivity contribution is 5.98. The monoisotopic (exact) mass is 372 g/mol. The van der Waals surface area contributed by atoms with Crippen LogP contribution in [0.25, 0.3) is 11.0 Å². The van der Waals surface area contributed by atoms with Gasteiger partial charge in [0.25, 0.3) is 11.5 Å². The SMILES string of the molecule is CCn1c(=O)c(C)nc2cc(C(=O)OCC(=O)NC(=O)NC3CC3)ccc21. The van der Waals surface area contributed by atoms with Crippen LogP contribution in [0.2, 0.25) is 0 Å². The smallest absolute Gasteiger partial charge is 0.338 e. The summed E-state index contributed by atoms with van der Waals surface area (Å²) in [5.74, 6) is -1.43. The van der Waals surface area contributed by atoms with Crippen LogP contribution >= 0.6 is 0 Å². The summed E-state index contributed by atoms with van der Waals surface area (Å²) >= 11 is 0. The van der Waals surface area contributed by atoms with Crippen LogP contribution in [-0.2, 0) is 16.1 Å². The Bertz CT molecular complexity index is 978. The maximum atomic E-state index is 12.2. The van der Waals surface area contributed by atoms with E-state index in [1.165, 1.54) is 12.1 Å². The summed E-state index contributed by atoms with van der Waals surface area (Å²) in [6.45, 7) is 3.36. The first kappa shape index (κ1) is 18.6. The number of hydrogen-bond acceptors (Lipinski definition) is 6. The van der Waals surface area contributed by atoms with Crippen molar-refractivity contribution in [1.82, 2.24) is 20.2 Å². The quantitative estimate of drug-likeness (QED) is 0.752. The predicted molar refractivity (Wildman–Crippen MR) is 96.4 cm³/mol. The zero-order valence-electron chi connectivity index (χ0n) is 15.1. The first-order chi connectivity index (χ1) is 12.9. The van der Waals surface area contributed by atoms with E-state index in [1.54, 1.807) is 17.6 Å². The molecule has 1 saturated carbocycles. The number of urea groups is 1. The lowest BCUT2D eigenvalue weighted by Gasteiger charge is -2.10. The molecule has 0 unspecified atom stereocenters. The van der Waals surface area contributed by atoms with Crippen LogP contribution in [0.5, 0.6) is 0 Å². The van der Waals surface area contributed by atoms with E-state index in [9.17, 15) is 19.2 Å². The molecule has 27 heavy (non-hydrogen) atoms. The Labute approximate surface area is 154 Å². The van der Waals surface area contributed by atoms with Crippen LogP contribution in [0.3, 0.4) is 0 Å². The highest BCUT2D eigenvalue weighted by Gasteiger charge is 2.24. The van der Waals surface area contributed by atoms with Crippen molar-refractivity contribution >= 4 is 28.9 Å². The van der Waals surface area contributed by atoms with Gasteiger partial charge in [-0.2, -0.15) is 0 Å². The number of imide groups is 1. The zero-order valence-corrected chi connectivity index (χ0v) is 15.1. The highest BCUT2D eigenvalue weighted by Crippen LogP contribution is 2.18. The molecule has 1 aromatic heterocycles. The Hall–Kier alpha value is -3.23. The molecule has 1 aliphatic rings. The lowest BCUT2D eigenvalue weighted by Crippen LogP contribution is -2.42. The van der Waals surface area contributed by atoms with Crippen LogP contribution in [0.4, 0.5) is 4.79 Å². The van der Waals surface area contributed by atoms with Gasteiger partial charge in [0.1, 0.15) is 5.69 Å². The lowest BCUT2D eigenvalue weighted by molar-refractivity contribution is -0.123. The second-order valence-corrected chi connectivity index (χ2v) is 6.32. The van der Waals surface area contributed by atoms with E-state index < -0.39 is 24.5 Å². The number of fused-ring (bicyclic) bond motifs is 1. The average Bonchev–Trinajstić information content (AvgIpc) is 3.44. The summed E-state index contributed by atoms with van der Waals surface area (Å²) in [4.78, 5) is 51.6. The number of nitrogens with zero attached hydrogens (tertiary/aromatic N) is 2. The van der Waals surface area contributed by atoms with E-state index in [0.717, 1.165) is 12.8 Å². The van der Waals surface area contributed by atoms with Crippen molar-refractivity contribution in [3.8, 4) is 0 Å². The molecule has 142 valence electrons. The first-order valence-corrected chi connectivity index (χ1v) is 8.67. The molecule has 1 fully saturated rings. The molecule has 3 rings (SSSR count). The second-order valence-electron chi connectivity index (χ2n) is 6.32. The molecule has 1 aliphatic carbocycles. The van der Waals surface area contributed by atoms with Gasteiger partial charge in [-0.3, -0.25) is 14.9 Å². The number of carbonyl (C=O) groups excluding carboxylic acids is 3. The average molecular weight is 372 g/mol. The van der Waals surface area contributed by atoms with Gasteiger partial charge < -0.3 is 14.6 Å². The molecule has 0 spiro atoms. The number of aryl methyl sites for hydroxylation is 2. The van der Waals surface area contributed by atoms with Gasteiger partial charge >= 0.3 is 12.0 Å². The van der Waals surface area contributed by atoms with E-state index in [-0.39, 0.29) is 17.2 Å². The van der Waals surface area contributed by atoms with Gasteiger partial charge in [0.05, 0.1) is 16.6 Å². The summed E-state index contributed by atoms with van der Waals surface area (Å²) in [5.41, 5.74) is 1.44. The van der Waals surface area contributed by atoms with Crippen molar-refractivity contribution in [3.05, 3.63) is 39.8 Å². The minimum atomic E-state index is -0.719. The Morgan fingerprint density at radius 1 is 1.30 bits per heavy atom. The van der Waals surface area contributed by atoms with Gasteiger partial charge in [-0.1, -0.05) is 0 Å². The molecular formula is C18H20N4O5. The van der Waals surface area contributed by atoms with Gasteiger partial charge in [-0.25, -0.2) is 14.6 Å². The second kappa shape index (κ2) is 7.56. The lowest BCUT2D eigenvalue weighted by atomic mass is 10.2. The van der Waals surface area contributed by atoms with Gasteiger partial charge in [0, 0.05) is 12.6 Å². The molecule has 9 heteroatoms. The van der Waals surface area contributed by atoms with Crippen LogP contribution in [0, 0.1) is 6.92 Å². The van der Waals surface area contributed by atoms with Crippen molar-refractivity contribution < 1.29 is 19.1 Å². The summed E-state index contributed by atoms with van der Waals surface area (Å²) < 4.78 is 6.51. The van der Waals surface area contributed by atoms with Crippen LogP contribution in [-0.4, -0.2) is 40.1 Å². The van der Waals surface area contributed by atoms with E-state index in [4.69, 9.17) is 4.74 Å². The van der Waals surface area contributed by atoms with Crippen molar-refractivity contribution in [3.63, 3.8) is 0 Å². The molecule has 3 amide bonds. The molecule has 1 aromatic carbocycles. The fourth-order valence-electron chi connectivity index (χ4n) is 2.64. The molecule has 0 radical (unpaired) electrons. The number of carbonyl (C=O) groups is 3. The fourth-order valence-corrected chi connectivity index (χ4v) is 2.64.